The number of benzene rings is 1. The summed E-state index contributed by atoms with van der Waals surface area (Å²) in [5.74, 6) is -0.948. The van der Waals surface area contributed by atoms with Gasteiger partial charge < -0.3 is 9.64 Å². The Hall–Kier alpha value is -4.50. The van der Waals surface area contributed by atoms with E-state index in [1.807, 2.05) is 0 Å². The molecule has 4 aromatic rings. The Morgan fingerprint density at radius 3 is 1.98 bits per heavy atom. The van der Waals surface area contributed by atoms with Crippen LogP contribution in [0.4, 0.5) is 21.8 Å². The van der Waals surface area contributed by atoms with Gasteiger partial charge >= 0.3 is 5.97 Å². The lowest BCUT2D eigenvalue weighted by Gasteiger charge is -2.23. The molecule has 0 aliphatic heterocycles. The zero-order chi connectivity index (χ0) is 29.1. The van der Waals surface area contributed by atoms with E-state index in [9.17, 15) is 26.0 Å². The van der Waals surface area contributed by atoms with Gasteiger partial charge in [0.2, 0.25) is 20.0 Å². The van der Waals surface area contributed by atoms with Gasteiger partial charge in [-0.05, 0) is 47.5 Å². The van der Waals surface area contributed by atoms with Crippen LogP contribution in [-0.4, -0.2) is 62.4 Å². The first-order valence-electron chi connectivity index (χ1n) is 11.4. The molecule has 1 aromatic carbocycles. The Kier molecular flexibility index (Phi) is 8.06. The lowest BCUT2D eigenvalue weighted by molar-refractivity contribution is 0.0600. The van der Waals surface area contributed by atoms with E-state index in [1.165, 1.54) is 56.3 Å². The maximum atomic E-state index is 15.0. The van der Waals surface area contributed by atoms with Crippen molar-refractivity contribution in [2.75, 3.05) is 28.2 Å². The van der Waals surface area contributed by atoms with E-state index in [1.54, 1.807) is 23.1 Å². The number of aromatic nitrogens is 4. The molecule has 12 nitrogen and oxygen atoms in total. The SMILES string of the molecule is COC(=O)c1ccc(CN(c2cnccn2)c2cc(-c3ccnc(N(S(C)(=O)=O)S(C)(=O)=O)c3)ccn2)c(F)c1. The fraction of sp³-hybridized carbons (Fsp3) is 0.160. The molecule has 0 saturated heterocycles. The standard InChI is InChI=1S/C25H23FN6O6S2/c1-38-25(33)19-4-5-20(21(26)12-19)16-31(24-15-27-10-11-30-24)22-13-17(6-8-28-22)18-7-9-29-23(14-18)32(39(2,34)35)40(3,36)37/h4-15H,16H2,1-3H3. The minimum absolute atomic E-state index is 0.0417. The van der Waals surface area contributed by atoms with E-state index < -0.39 is 31.8 Å². The Labute approximate surface area is 230 Å². The van der Waals surface area contributed by atoms with Crippen molar-refractivity contribution in [2.24, 2.45) is 0 Å². The van der Waals surface area contributed by atoms with Crippen molar-refractivity contribution >= 4 is 43.5 Å². The molecule has 4 rings (SSSR count). The highest BCUT2D eigenvalue weighted by Crippen LogP contribution is 2.31. The largest absolute Gasteiger partial charge is 0.465 e. The van der Waals surface area contributed by atoms with Crippen molar-refractivity contribution in [3.63, 3.8) is 0 Å². The maximum absolute atomic E-state index is 15.0. The fourth-order valence-electron chi connectivity index (χ4n) is 3.83. The molecule has 40 heavy (non-hydrogen) atoms. The van der Waals surface area contributed by atoms with Crippen LogP contribution in [0.25, 0.3) is 11.1 Å². The van der Waals surface area contributed by atoms with Gasteiger partial charge in [-0.1, -0.05) is 6.07 Å². The van der Waals surface area contributed by atoms with E-state index >= 15 is 0 Å². The van der Waals surface area contributed by atoms with Gasteiger partial charge in [0.1, 0.15) is 11.6 Å². The lowest BCUT2D eigenvalue weighted by atomic mass is 10.1. The number of esters is 1. The van der Waals surface area contributed by atoms with Gasteiger partial charge in [-0.15, -0.1) is 3.71 Å². The average molecular weight is 587 g/mol. The Morgan fingerprint density at radius 2 is 1.43 bits per heavy atom. The Morgan fingerprint density at radius 1 is 0.825 bits per heavy atom. The number of nitrogens with zero attached hydrogens (tertiary/aromatic N) is 6. The second-order valence-corrected chi connectivity index (χ2v) is 12.4. The van der Waals surface area contributed by atoms with Crippen LogP contribution in [0.1, 0.15) is 15.9 Å². The molecule has 0 bridgehead atoms. The summed E-state index contributed by atoms with van der Waals surface area (Å²) >= 11 is 0. The van der Waals surface area contributed by atoms with Crippen molar-refractivity contribution in [2.45, 2.75) is 6.54 Å². The molecule has 0 spiro atoms. The predicted octanol–water partition coefficient (Wildman–Crippen LogP) is 2.92. The summed E-state index contributed by atoms with van der Waals surface area (Å²) in [5.41, 5.74) is 1.26. The summed E-state index contributed by atoms with van der Waals surface area (Å²) in [6, 6.07) is 10.1. The van der Waals surface area contributed by atoms with Gasteiger partial charge in [-0.2, -0.15) is 0 Å². The maximum Gasteiger partial charge on any atom is 0.337 e. The number of carbonyl (C=O) groups excluding carboxylic acids is 1. The zero-order valence-electron chi connectivity index (χ0n) is 21.5. The lowest BCUT2D eigenvalue weighted by Crippen LogP contribution is -2.35. The molecule has 15 heteroatoms. The number of sulfonamides is 2. The topological polar surface area (TPSA) is 153 Å². The minimum Gasteiger partial charge on any atom is -0.465 e. The van der Waals surface area contributed by atoms with Crippen LogP contribution < -0.4 is 8.61 Å². The third-order valence-corrected chi connectivity index (χ3v) is 8.72. The number of ether oxygens (including phenoxy) is 1. The summed E-state index contributed by atoms with van der Waals surface area (Å²) in [6.45, 7) is -0.0417. The summed E-state index contributed by atoms with van der Waals surface area (Å²) in [4.78, 5) is 30.1. The fourth-order valence-corrected chi connectivity index (χ4v) is 6.68. The third kappa shape index (κ3) is 6.38. The number of rotatable bonds is 9. The van der Waals surface area contributed by atoms with Crippen LogP contribution in [0.2, 0.25) is 0 Å². The molecule has 0 aliphatic carbocycles. The molecule has 0 saturated carbocycles. The van der Waals surface area contributed by atoms with E-state index in [0.717, 1.165) is 18.6 Å². The molecule has 0 fully saturated rings. The molecular weight excluding hydrogens is 563 g/mol. The van der Waals surface area contributed by atoms with Gasteiger partial charge in [0.05, 0.1) is 37.9 Å². The number of hydrogen-bond donors (Lipinski definition) is 0. The third-order valence-electron chi connectivity index (χ3n) is 5.52. The summed E-state index contributed by atoms with van der Waals surface area (Å²) in [6.07, 6.45) is 8.71. The molecule has 0 atom stereocenters. The van der Waals surface area contributed by atoms with Crippen molar-refractivity contribution < 1.29 is 30.8 Å². The van der Waals surface area contributed by atoms with Crippen molar-refractivity contribution in [1.82, 2.24) is 19.9 Å². The van der Waals surface area contributed by atoms with E-state index in [2.05, 4.69) is 24.7 Å². The number of anilines is 3. The molecule has 0 amide bonds. The second-order valence-electron chi connectivity index (χ2n) is 8.48. The first-order chi connectivity index (χ1) is 18.9. The second kappa shape index (κ2) is 11.3. The molecule has 208 valence electrons. The predicted molar refractivity (Wildman–Crippen MR) is 145 cm³/mol. The van der Waals surface area contributed by atoms with Crippen LogP contribution in [0.15, 0.2) is 73.4 Å². The highest BCUT2D eigenvalue weighted by Gasteiger charge is 2.29. The molecular formula is C25H23FN6O6S2. The minimum atomic E-state index is -4.20. The van der Waals surface area contributed by atoms with E-state index in [-0.39, 0.29) is 27.2 Å². The van der Waals surface area contributed by atoms with Crippen molar-refractivity contribution in [3.05, 3.63) is 90.4 Å². The smallest absolute Gasteiger partial charge is 0.337 e. The summed E-state index contributed by atoms with van der Waals surface area (Å²) in [7, 11) is -7.19. The summed E-state index contributed by atoms with van der Waals surface area (Å²) < 4.78 is 68.8. The molecule has 3 heterocycles. The van der Waals surface area contributed by atoms with Gasteiger partial charge in [-0.25, -0.2) is 41.0 Å². The number of hydrogen-bond acceptors (Lipinski definition) is 11. The molecule has 0 aliphatic rings. The first kappa shape index (κ1) is 28.5. The van der Waals surface area contributed by atoms with Crippen LogP contribution in [-0.2, 0) is 31.3 Å². The van der Waals surface area contributed by atoms with Crippen LogP contribution >= 0.6 is 0 Å². The first-order valence-corrected chi connectivity index (χ1v) is 15.1. The average Bonchev–Trinajstić information content (AvgIpc) is 2.91. The highest BCUT2D eigenvalue weighted by atomic mass is 32.3. The van der Waals surface area contributed by atoms with Crippen molar-refractivity contribution in [1.29, 1.82) is 0 Å². The Bertz CT molecular complexity index is 1740. The highest BCUT2D eigenvalue weighted by molar-refractivity contribution is 8.09. The molecule has 0 N–H and O–H groups in total. The summed E-state index contributed by atoms with van der Waals surface area (Å²) in [5, 5.41) is 0. The van der Waals surface area contributed by atoms with Gasteiger partial charge in [-0.3, -0.25) is 4.98 Å². The van der Waals surface area contributed by atoms with Crippen molar-refractivity contribution in [3.8, 4) is 11.1 Å². The molecule has 0 radical (unpaired) electrons. The van der Waals surface area contributed by atoms with E-state index in [4.69, 9.17) is 0 Å². The number of pyridine rings is 2. The molecule has 0 unspecified atom stereocenters. The van der Waals surface area contributed by atoms with Crippen LogP contribution in [0, 0.1) is 5.82 Å². The van der Waals surface area contributed by atoms with E-state index in [0.29, 0.717) is 22.8 Å². The monoisotopic (exact) mass is 586 g/mol. The van der Waals surface area contributed by atoms with Gasteiger partial charge in [0.25, 0.3) is 0 Å². The number of methoxy groups -OCH3 is 1. The normalized spacial score (nSPS) is 11.6. The molecule has 3 aromatic heterocycles. The zero-order valence-corrected chi connectivity index (χ0v) is 23.1. The number of halogens is 1. The van der Waals surface area contributed by atoms with Gasteiger partial charge in [0.15, 0.2) is 11.6 Å². The number of carbonyl (C=O) groups is 1. The van der Waals surface area contributed by atoms with Gasteiger partial charge in [0, 0.05) is 30.4 Å². The van der Waals surface area contributed by atoms with Crippen LogP contribution in [0.3, 0.4) is 0 Å². The Balaban J connectivity index is 1.77. The quantitative estimate of drug-likeness (QED) is 0.266. The van der Waals surface area contributed by atoms with Crippen LogP contribution in [0.5, 0.6) is 0 Å².